The van der Waals surface area contributed by atoms with Crippen LogP contribution in [0.5, 0.6) is 0 Å². The Morgan fingerprint density at radius 2 is 1.74 bits per heavy atom. The number of aromatic nitrogens is 1. The van der Waals surface area contributed by atoms with Crippen molar-refractivity contribution in [2.45, 2.75) is 13.0 Å². The van der Waals surface area contributed by atoms with Crippen LogP contribution in [0, 0.1) is 0 Å². The molecule has 1 amide bonds. The van der Waals surface area contributed by atoms with E-state index in [-0.39, 0.29) is 12.3 Å². The Balaban J connectivity index is 1.39. The van der Waals surface area contributed by atoms with E-state index in [2.05, 4.69) is 33.8 Å². The minimum absolute atomic E-state index is 0.161. The van der Waals surface area contributed by atoms with E-state index in [0.717, 1.165) is 21.7 Å². The average molecular weight is 450 g/mol. The number of hydrogen-bond acceptors (Lipinski definition) is 6. The molecule has 2 aromatic heterocycles. The number of nitrogens with zero attached hydrogens (tertiary/aromatic N) is 1. The number of benzene rings is 2. The fraction of sp³-hybridized carbons (Fsp3) is 0.0870. The zero-order valence-corrected chi connectivity index (χ0v) is 18.0. The van der Waals surface area contributed by atoms with Crippen molar-refractivity contribution < 1.29 is 14.7 Å². The maximum Gasteiger partial charge on any atom is 0.309 e. The molecule has 0 saturated heterocycles. The first-order valence-electron chi connectivity index (χ1n) is 9.53. The van der Waals surface area contributed by atoms with Crippen molar-refractivity contribution in [3.05, 3.63) is 87.6 Å². The maximum atomic E-state index is 12.5. The molecule has 2 heterocycles. The van der Waals surface area contributed by atoms with E-state index in [1.54, 1.807) is 11.4 Å². The zero-order chi connectivity index (χ0) is 21.6. The van der Waals surface area contributed by atoms with Crippen molar-refractivity contribution in [1.82, 2.24) is 4.98 Å². The first-order chi connectivity index (χ1) is 15.1. The Kier molecular flexibility index (Phi) is 6.40. The zero-order valence-electron chi connectivity index (χ0n) is 16.4. The molecule has 0 radical (unpaired) electrons. The number of thiazole rings is 1. The van der Waals surface area contributed by atoms with Crippen molar-refractivity contribution in [2.75, 3.05) is 10.6 Å². The molecule has 0 aliphatic heterocycles. The van der Waals surface area contributed by atoms with E-state index in [4.69, 9.17) is 5.11 Å². The number of nitrogens with one attached hydrogen (secondary N) is 2. The second-order valence-corrected chi connectivity index (χ2v) is 8.73. The molecule has 0 saturated carbocycles. The number of carbonyl (C=O) groups is 2. The van der Waals surface area contributed by atoms with Crippen LogP contribution in [0.15, 0.2) is 72.1 Å². The van der Waals surface area contributed by atoms with Gasteiger partial charge in [0.15, 0.2) is 5.13 Å². The van der Waals surface area contributed by atoms with Gasteiger partial charge in [0.2, 0.25) is 0 Å². The van der Waals surface area contributed by atoms with Crippen molar-refractivity contribution in [3.63, 3.8) is 0 Å². The molecular formula is C23H19N3O3S2. The topological polar surface area (TPSA) is 91.3 Å². The SMILES string of the molecule is O=C(O)Cc1csc(NC(=O)c2ccc(CNc3ccccc3-c3ccccc3)s2)n1. The molecular weight excluding hydrogens is 430 g/mol. The predicted octanol–water partition coefficient (Wildman–Crippen LogP) is 5.36. The summed E-state index contributed by atoms with van der Waals surface area (Å²) in [6, 6.07) is 22.0. The van der Waals surface area contributed by atoms with Gasteiger partial charge >= 0.3 is 5.97 Å². The minimum atomic E-state index is -0.951. The quantitative estimate of drug-likeness (QED) is 0.337. The third-order valence-corrected chi connectivity index (χ3v) is 6.35. The molecule has 4 aromatic rings. The van der Waals surface area contributed by atoms with Crippen LogP contribution in [-0.4, -0.2) is 22.0 Å². The lowest BCUT2D eigenvalue weighted by Crippen LogP contribution is -2.10. The van der Waals surface area contributed by atoms with Gasteiger partial charge in [-0.15, -0.1) is 22.7 Å². The van der Waals surface area contributed by atoms with E-state index in [1.165, 1.54) is 22.7 Å². The van der Waals surface area contributed by atoms with Crippen molar-refractivity contribution in [1.29, 1.82) is 0 Å². The first kappa shape index (κ1) is 20.8. The van der Waals surface area contributed by atoms with Gasteiger partial charge in [-0.2, -0.15) is 0 Å². The summed E-state index contributed by atoms with van der Waals surface area (Å²) in [7, 11) is 0. The number of anilines is 2. The summed E-state index contributed by atoms with van der Waals surface area (Å²) in [5, 5.41) is 17.1. The van der Waals surface area contributed by atoms with Crippen LogP contribution in [0.25, 0.3) is 11.1 Å². The van der Waals surface area contributed by atoms with Crippen LogP contribution in [0.4, 0.5) is 10.8 Å². The van der Waals surface area contributed by atoms with Gasteiger partial charge < -0.3 is 10.4 Å². The van der Waals surface area contributed by atoms with Gasteiger partial charge in [0.05, 0.1) is 17.0 Å². The standard InChI is InChI=1S/C23H19N3O3S2/c27-21(28)12-16-14-30-23(25-16)26-22(29)20-11-10-17(31-20)13-24-19-9-5-4-8-18(19)15-6-2-1-3-7-15/h1-11,14,24H,12-13H2,(H,27,28)(H,25,26,29). The lowest BCUT2D eigenvalue weighted by Gasteiger charge is -2.11. The summed E-state index contributed by atoms with van der Waals surface area (Å²) in [6.45, 7) is 0.599. The highest BCUT2D eigenvalue weighted by Crippen LogP contribution is 2.29. The van der Waals surface area contributed by atoms with E-state index < -0.39 is 5.97 Å². The molecule has 0 fully saturated rings. The van der Waals surface area contributed by atoms with Gasteiger partial charge in [-0.05, 0) is 23.8 Å². The van der Waals surface area contributed by atoms with Gasteiger partial charge in [0.1, 0.15) is 0 Å². The second kappa shape index (κ2) is 9.55. The molecule has 2 aromatic carbocycles. The highest BCUT2D eigenvalue weighted by atomic mass is 32.1. The molecule has 0 bridgehead atoms. The molecule has 6 nitrogen and oxygen atoms in total. The summed E-state index contributed by atoms with van der Waals surface area (Å²) < 4.78 is 0. The van der Waals surface area contributed by atoms with Crippen LogP contribution in [-0.2, 0) is 17.8 Å². The van der Waals surface area contributed by atoms with Gasteiger partial charge in [0, 0.05) is 28.1 Å². The summed E-state index contributed by atoms with van der Waals surface area (Å²) in [5.74, 6) is -1.20. The van der Waals surface area contributed by atoms with Gasteiger partial charge in [-0.25, -0.2) is 4.98 Å². The average Bonchev–Trinajstić information content (AvgIpc) is 3.42. The van der Waals surface area contributed by atoms with E-state index in [0.29, 0.717) is 22.2 Å². The van der Waals surface area contributed by atoms with Crippen molar-refractivity contribution in [3.8, 4) is 11.1 Å². The van der Waals surface area contributed by atoms with Gasteiger partial charge in [-0.1, -0.05) is 48.5 Å². The molecule has 31 heavy (non-hydrogen) atoms. The molecule has 156 valence electrons. The minimum Gasteiger partial charge on any atom is -0.481 e. The van der Waals surface area contributed by atoms with Crippen molar-refractivity contribution in [2.24, 2.45) is 0 Å². The summed E-state index contributed by atoms with van der Waals surface area (Å²) in [4.78, 5) is 29.0. The summed E-state index contributed by atoms with van der Waals surface area (Å²) in [6.07, 6.45) is -0.161. The third-order valence-electron chi connectivity index (χ3n) is 4.45. The Hall–Kier alpha value is -3.49. The van der Waals surface area contributed by atoms with Gasteiger partial charge in [-0.3, -0.25) is 14.9 Å². The predicted molar refractivity (Wildman–Crippen MR) is 125 cm³/mol. The lowest BCUT2D eigenvalue weighted by molar-refractivity contribution is -0.136. The van der Waals surface area contributed by atoms with Crippen LogP contribution < -0.4 is 10.6 Å². The number of para-hydroxylation sites is 1. The fourth-order valence-corrected chi connectivity index (χ4v) is 4.59. The number of carboxylic acids is 1. The number of carboxylic acid groups (broad SMARTS) is 1. The second-order valence-electron chi connectivity index (χ2n) is 6.70. The molecule has 0 aliphatic carbocycles. The van der Waals surface area contributed by atoms with E-state index >= 15 is 0 Å². The summed E-state index contributed by atoms with van der Waals surface area (Å²) in [5.41, 5.74) is 3.73. The monoisotopic (exact) mass is 449 g/mol. The van der Waals surface area contributed by atoms with Crippen LogP contribution >= 0.6 is 22.7 Å². The third kappa shape index (κ3) is 5.36. The Bertz CT molecular complexity index is 1200. The van der Waals surface area contributed by atoms with E-state index in [1.807, 2.05) is 42.5 Å². The van der Waals surface area contributed by atoms with Crippen LogP contribution in [0.3, 0.4) is 0 Å². The van der Waals surface area contributed by atoms with Gasteiger partial charge in [0.25, 0.3) is 5.91 Å². The largest absolute Gasteiger partial charge is 0.481 e. The molecule has 0 atom stereocenters. The van der Waals surface area contributed by atoms with E-state index in [9.17, 15) is 9.59 Å². The number of rotatable bonds is 8. The highest BCUT2D eigenvalue weighted by molar-refractivity contribution is 7.15. The fourth-order valence-electron chi connectivity index (χ4n) is 3.04. The maximum absolute atomic E-state index is 12.5. The Morgan fingerprint density at radius 3 is 2.55 bits per heavy atom. The molecule has 3 N–H and O–H groups in total. The molecule has 8 heteroatoms. The van der Waals surface area contributed by atoms with Crippen LogP contribution in [0.2, 0.25) is 0 Å². The number of hydrogen-bond donors (Lipinski definition) is 3. The molecule has 0 unspecified atom stereocenters. The molecule has 0 spiro atoms. The smallest absolute Gasteiger partial charge is 0.309 e. The number of aliphatic carboxylic acids is 1. The normalized spacial score (nSPS) is 10.6. The number of carbonyl (C=O) groups excluding carboxylic acids is 1. The first-order valence-corrected chi connectivity index (χ1v) is 11.2. The van der Waals surface area contributed by atoms with Crippen molar-refractivity contribution >= 4 is 45.4 Å². The summed E-state index contributed by atoms with van der Waals surface area (Å²) >= 11 is 2.62. The molecule has 0 aliphatic rings. The van der Waals surface area contributed by atoms with Crippen LogP contribution in [0.1, 0.15) is 20.2 Å². The number of amides is 1. The lowest BCUT2D eigenvalue weighted by atomic mass is 10.0. The molecule has 4 rings (SSSR count). The number of thiophene rings is 1. The highest BCUT2D eigenvalue weighted by Gasteiger charge is 2.13. The Labute approximate surface area is 187 Å². The Morgan fingerprint density at radius 1 is 0.968 bits per heavy atom.